The molecule has 1 N–H and O–H groups in total. The van der Waals surface area contributed by atoms with Crippen molar-refractivity contribution in [3.8, 4) is 0 Å². The maximum absolute atomic E-state index is 12.2. The fourth-order valence-corrected chi connectivity index (χ4v) is 3.01. The van der Waals surface area contributed by atoms with Crippen LogP contribution in [-0.4, -0.2) is 20.7 Å². The molecule has 0 radical (unpaired) electrons. The molecule has 0 bridgehead atoms. The molecule has 21 heavy (non-hydrogen) atoms. The maximum Gasteiger partial charge on any atom is 0.277 e. The first-order valence-electron chi connectivity index (χ1n) is 6.64. The number of carbonyl (C=O) groups excluding carboxylic acids is 1. The summed E-state index contributed by atoms with van der Waals surface area (Å²) in [7, 11) is 1.81. The van der Waals surface area contributed by atoms with Gasteiger partial charge in [-0.1, -0.05) is 11.3 Å². The number of nitrogens with one attached hydrogen (secondary N) is 1. The lowest BCUT2D eigenvalue weighted by Crippen LogP contribution is -2.12. The molecule has 0 aliphatic heterocycles. The minimum Gasteiger partial charge on any atom is -0.296 e. The fourth-order valence-electron chi connectivity index (χ4n) is 2.07. The molecule has 0 aliphatic rings. The molecule has 0 saturated heterocycles. The lowest BCUT2D eigenvalue weighted by molar-refractivity contribution is 0.102. The van der Waals surface area contributed by atoms with Crippen LogP contribution >= 0.6 is 11.3 Å². The lowest BCUT2D eigenvalue weighted by Gasteiger charge is -1.97. The number of hydrogen-bond donors (Lipinski definition) is 1. The minimum atomic E-state index is -0.230. The largest absolute Gasteiger partial charge is 0.296 e. The van der Waals surface area contributed by atoms with Crippen LogP contribution in [0.5, 0.6) is 0 Å². The molecule has 0 saturated carbocycles. The average Bonchev–Trinajstić information content (AvgIpc) is 2.94. The summed E-state index contributed by atoms with van der Waals surface area (Å²) < 4.78 is 2.76. The van der Waals surface area contributed by atoms with Crippen LogP contribution in [0.25, 0.3) is 10.2 Å². The smallest absolute Gasteiger partial charge is 0.277 e. The van der Waals surface area contributed by atoms with E-state index in [1.807, 2.05) is 20.0 Å². The maximum atomic E-state index is 12.2. The standard InChI is InChI=1S/C15H16N4OS/c1-8-5-11-13(6-9(8)2)21-15(16-11)17-14(20)12-7-10(3)19(4)18-12/h5-7H,1-4H3,(H,16,17,20). The van der Waals surface area contributed by atoms with E-state index in [0.717, 1.165) is 15.9 Å². The van der Waals surface area contributed by atoms with E-state index in [1.165, 1.54) is 22.5 Å². The number of anilines is 1. The Labute approximate surface area is 126 Å². The molecule has 1 amide bonds. The first kappa shape index (κ1) is 13.8. The molecule has 3 rings (SSSR count). The van der Waals surface area contributed by atoms with E-state index in [4.69, 9.17) is 0 Å². The molecule has 0 fully saturated rings. The number of nitrogens with zero attached hydrogens (tertiary/aromatic N) is 3. The van der Waals surface area contributed by atoms with E-state index in [2.05, 4.69) is 35.3 Å². The molecule has 0 spiro atoms. The Morgan fingerprint density at radius 1 is 1.19 bits per heavy atom. The van der Waals surface area contributed by atoms with Crippen LogP contribution in [0.3, 0.4) is 0 Å². The molecule has 5 nitrogen and oxygen atoms in total. The Morgan fingerprint density at radius 2 is 1.90 bits per heavy atom. The molecule has 2 heterocycles. The molecular formula is C15H16N4OS. The second-order valence-electron chi connectivity index (χ2n) is 5.17. The zero-order valence-corrected chi connectivity index (χ0v) is 13.2. The third-order valence-electron chi connectivity index (χ3n) is 3.57. The van der Waals surface area contributed by atoms with Gasteiger partial charge in [-0.2, -0.15) is 5.10 Å². The van der Waals surface area contributed by atoms with E-state index < -0.39 is 0 Å². The van der Waals surface area contributed by atoms with Crippen molar-refractivity contribution in [2.75, 3.05) is 5.32 Å². The zero-order valence-electron chi connectivity index (χ0n) is 12.4. The first-order valence-corrected chi connectivity index (χ1v) is 7.45. The van der Waals surface area contributed by atoms with Gasteiger partial charge >= 0.3 is 0 Å². The van der Waals surface area contributed by atoms with Gasteiger partial charge in [0.05, 0.1) is 10.2 Å². The van der Waals surface area contributed by atoms with Crippen LogP contribution in [0.4, 0.5) is 5.13 Å². The van der Waals surface area contributed by atoms with Crippen molar-refractivity contribution in [2.24, 2.45) is 7.05 Å². The predicted octanol–water partition coefficient (Wildman–Crippen LogP) is 3.21. The van der Waals surface area contributed by atoms with Gasteiger partial charge in [0.15, 0.2) is 10.8 Å². The Kier molecular flexibility index (Phi) is 3.25. The number of aromatic nitrogens is 3. The van der Waals surface area contributed by atoms with Gasteiger partial charge in [-0.05, 0) is 50.1 Å². The second-order valence-corrected chi connectivity index (χ2v) is 6.20. The normalized spacial score (nSPS) is 11.0. The third kappa shape index (κ3) is 2.54. The fraction of sp³-hybridized carbons (Fsp3) is 0.267. The van der Waals surface area contributed by atoms with Gasteiger partial charge in [0.2, 0.25) is 0 Å². The Bertz CT molecular complexity index is 788. The van der Waals surface area contributed by atoms with E-state index in [9.17, 15) is 4.79 Å². The van der Waals surface area contributed by atoms with Gasteiger partial charge in [0.25, 0.3) is 5.91 Å². The molecule has 2 aromatic heterocycles. The van der Waals surface area contributed by atoms with Crippen molar-refractivity contribution in [1.82, 2.24) is 14.8 Å². The van der Waals surface area contributed by atoms with E-state index in [1.54, 1.807) is 10.7 Å². The van der Waals surface area contributed by atoms with Crippen molar-refractivity contribution in [3.05, 3.63) is 40.7 Å². The van der Waals surface area contributed by atoms with E-state index >= 15 is 0 Å². The molecule has 0 unspecified atom stereocenters. The summed E-state index contributed by atoms with van der Waals surface area (Å²) in [6.07, 6.45) is 0. The number of thiazole rings is 1. The van der Waals surface area contributed by atoms with Crippen molar-refractivity contribution in [2.45, 2.75) is 20.8 Å². The average molecular weight is 300 g/mol. The predicted molar refractivity (Wildman–Crippen MR) is 85.0 cm³/mol. The summed E-state index contributed by atoms with van der Waals surface area (Å²) in [4.78, 5) is 16.6. The lowest BCUT2D eigenvalue weighted by atomic mass is 10.1. The summed E-state index contributed by atoms with van der Waals surface area (Å²) in [5, 5.41) is 7.59. The second kappa shape index (κ2) is 4.96. The van der Waals surface area contributed by atoms with Gasteiger partial charge in [-0.3, -0.25) is 14.8 Å². The summed E-state index contributed by atoms with van der Waals surface area (Å²) in [6.45, 7) is 6.04. The SMILES string of the molecule is Cc1cc2nc(NC(=O)c3cc(C)n(C)n3)sc2cc1C. The molecule has 3 aromatic rings. The Balaban J connectivity index is 1.89. The summed E-state index contributed by atoms with van der Waals surface area (Å²) in [6, 6.07) is 5.90. The van der Waals surface area contributed by atoms with Gasteiger partial charge in [0, 0.05) is 12.7 Å². The quantitative estimate of drug-likeness (QED) is 0.790. The van der Waals surface area contributed by atoms with Crippen molar-refractivity contribution < 1.29 is 4.79 Å². The number of carbonyl (C=O) groups is 1. The number of amides is 1. The van der Waals surface area contributed by atoms with E-state index in [0.29, 0.717) is 10.8 Å². The van der Waals surface area contributed by atoms with Crippen molar-refractivity contribution in [1.29, 1.82) is 0 Å². The van der Waals surface area contributed by atoms with Crippen molar-refractivity contribution in [3.63, 3.8) is 0 Å². The molecule has 108 valence electrons. The monoisotopic (exact) mass is 300 g/mol. The first-order chi connectivity index (χ1) is 9.94. The molecule has 0 atom stereocenters. The Hall–Kier alpha value is -2.21. The highest BCUT2D eigenvalue weighted by atomic mass is 32.1. The number of benzene rings is 1. The van der Waals surface area contributed by atoms with Crippen LogP contribution in [0.2, 0.25) is 0 Å². The van der Waals surface area contributed by atoms with Crippen LogP contribution in [0, 0.1) is 20.8 Å². The molecule has 0 aliphatic carbocycles. The Morgan fingerprint density at radius 3 is 2.57 bits per heavy atom. The molecule has 6 heteroatoms. The highest BCUT2D eigenvalue weighted by Crippen LogP contribution is 2.28. The summed E-state index contributed by atoms with van der Waals surface area (Å²) in [5.74, 6) is -0.230. The van der Waals surface area contributed by atoms with Crippen LogP contribution < -0.4 is 5.32 Å². The zero-order chi connectivity index (χ0) is 15.1. The highest BCUT2D eigenvalue weighted by molar-refractivity contribution is 7.22. The molecule has 1 aromatic carbocycles. The van der Waals surface area contributed by atoms with Gasteiger partial charge in [-0.25, -0.2) is 4.98 Å². The molecular weight excluding hydrogens is 284 g/mol. The number of rotatable bonds is 2. The van der Waals surface area contributed by atoms with Gasteiger partial charge in [0.1, 0.15) is 0 Å². The number of fused-ring (bicyclic) bond motifs is 1. The van der Waals surface area contributed by atoms with Crippen LogP contribution in [0.1, 0.15) is 27.3 Å². The van der Waals surface area contributed by atoms with Gasteiger partial charge in [-0.15, -0.1) is 0 Å². The minimum absolute atomic E-state index is 0.230. The topological polar surface area (TPSA) is 59.8 Å². The van der Waals surface area contributed by atoms with Crippen LogP contribution in [-0.2, 0) is 7.05 Å². The van der Waals surface area contributed by atoms with Gasteiger partial charge < -0.3 is 0 Å². The third-order valence-corrected chi connectivity index (χ3v) is 4.50. The van der Waals surface area contributed by atoms with Crippen LogP contribution in [0.15, 0.2) is 18.2 Å². The van der Waals surface area contributed by atoms with Crippen molar-refractivity contribution >= 4 is 32.6 Å². The number of aryl methyl sites for hydroxylation is 4. The van der Waals surface area contributed by atoms with E-state index in [-0.39, 0.29) is 5.91 Å². The highest BCUT2D eigenvalue weighted by Gasteiger charge is 2.14. The summed E-state index contributed by atoms with van der Waals surface area (Å²) in [5.41, 5.74) is 4.68. The number of hydrogen-bond acceptors (Lipinski definition) is 4. The summed E-state index contributed by atoms with van der Waals surface area (Å²) >= 11 is 1.48.